The average Bonchev–Trinajstić information content (AvgIpc) is 2.28. The highest BCUT2D eigenvalue weighted by atomic mass is 79.9. The molecule has 2 rings (SSSR count). The summed E-state index contributed by atoms with van der Waals surface area (Å²) in [6.45, 7) is 0. The van der Waals surface area contributed by atoms with E-state index in [4.69, 9.17) is 23.2 Å². The molecule has 5 heteroatoms. The standard InChI is InChI=1S/C13H10BrCl2NO/c14-9-3-1-2-8(4-9)5-12(18)13-11(16)6-10(15)7-17-13/h1-4,6-7,12,18H,5H2. The Kier molecular flexibility index (Phi) is 4.62. The Bertz CT molecular complexity index is 562. The van der Waals surface area contributed by atoms with Crippen molar-refractivity contribution in [3.63, 3.8) is 0 Å². The van der Waals surface area contributed by atoms with Gasteiger partial charge in [0.2, 0.25) is 0 Å². The second kappa shape index (κ2) is 6.02. The second-order valence-electron chi connectivity index (χ2n) is 3.87. The third-order valence-corrected chi connectivity index (χ3v) is 3.47. The van der Waals surface area contributed by atoms with Crippen LogP contribution in [0.15, 0.2) is 41.0 Å². The number of aliphatic hydroxyl groups excluding tert-OH is 1. The molecular weight excluding hydrogens is 337 g/mol. The maximum Gasteiger partial charge on any atom is 0.101 e. The molecule has 2 nitrogen and oxygen atoms in total. The quantitative estimate of drug-likeness (QED) is 0.891. The second-order valence-corrected chi connectivity index (χ2v) is 5.63. The van der Waals surface area contributed by atoms with Gasteiger partial charge in [-0.25, -0.2) is 0 Å². The first-order valence-corrected chi connectivity index (χ1v) is 6.84. The van der Waals surface area contributed by atoms with Crippen LogP contribution in [-0.2, 0) is 6.42 Å². The molecule has 0 spiro atoms. The zero-order valence-corrected chi connectivity index (χ0v) is 12.4. The number of hydrogen-bond acceptors (Lipinski definition) is 2. The van der Waals surface area contributed by atoms with Gasteiger partial charge in [-0.1, -0.05) is 51.3 Å². The molecular formula is C13H10BrCl2NO. The largest absolute Gasteiger partial charge is 0.386 e. The van der Waals surface area contributed by atoms with Crippen molar-refractivity contribution in [3.05, 3.63) is 62.3 Å². The predicted molar refractivity (Wildman–Crippen MR) is 77.1 cm³/mol. The molecule has 1 aromatic heterocycles. The molecule has 94 valence electrons. The molecule has 1 N–H and O–H groups in total. The van der Waals surface area contributed by atoms with Crippen molar-refractivity contribution in [2.45, 2.75) is 12.5 Å². The van der Waals surface area contributed by atoms with Gasteiger partial charge in [-0.2, -0.15) is 0 Å². The Morgan fingerprint density at radius 2 is 2.06 bits per heavy atom. The minimum Gasteiger partial charge on any atom is -0.386 e. The summed E-state index contributed by atoms with van der Waals surface area (Å²) in [6, 6.07) is 9.33. The van der Waals surface area contributed by atoms with Crippen LogP contribution in [0.25, 0.3) is 0 Å². The third kappa shape index (κ3) is 3.45. The monoisotopic (exact) mass is 345 g/mol. The molecule has 0 saturated heterocycles. The fourth-order valence-corrected chi connectivity index (χ4v) is 2.61. The van der Waals surface area contributed by atoms with Crippen LogP contribution in [0.1, 0.15) is 17.4 Å². The Hall–Kier alpha value is -0.610. The Morgan fingerprint density at radius 1 is 1.28 bits per heavy atom. The summed E-state index contributed by atoms with van der Waals surface area (Å²) < 4.78 is 0.974. The summed E-state index contributed by atoms with van der Waals surface area (Å²) in [5.74, 6) is 0. The molecule has 1 aromatic carbocycles. The van der Waals surface area contributed by atoms with Gasteiger partial charge in [0.1, 0.15) is 6.10 Å². The third-order valence-electron chi connectivity index (χ3n) is 2.47. The number of aromatic nitrogens is 1. The van der Waals surface area contributed by atoms with Gasteiger partial charge in [0.25, 0.3) is 0 Å². The number of rotatable bonds is 3. The van der Waals surface area contributed by atoms with Gasteiger partial charge in [-0.05, 0) is 23.8 Å². The molecule has 0 aliphatic carbocycles. The smallest absolute Gasteiger partial charge is 0.101 e. The van der Waals surface area contributed by atoms with E-state index < -0.39 is 6.10 Å². The first-order chi connectivity index (χ1) is 8.56. The van der Waals surface area contributed by atoms with E-state index in [0.29, 0.717) is 22.2 Å². The van der Waals surface area contributed by atoms with Gasteiger partial charge in [0.15, 0.2) is 0 Å². The van der Waals surface area contributed by atoms with Crippen molar-refractivity contribution >= 4 is 39.1 Å². The Morgan fingerprint density at radius 3 is 2.72 bits per heavy atom. The van der Waals surface area contributed by atoms with Crippen LogP contribution in [0.2, 0.25) is 10.0 Å². The number of benzene rings is 1. The minimum atomic E-state index is -0.746. The lowest BCUT2D eigenvalue weighted by atomic mass is 10.1. The number of halogens is 3. The summed E-state index contributed by atoms with van der Waals surface area (Å²) in [5, 5.41) is 11.0. The summed E-state index contributed by atoms with van der Waals surface area (Å²) in [4.78, 5) is 4.07. The maximum atomic E-state index is 10.1. The molecule has 2 aromatic rings. The molecule has 0 aliphatic heterocycles. The van der Waals surface area contributed by atoms with Gasteiger partial charge in [-0.15, -0.1) is 0 Å². The van der Waals surface area contributed by atoms with Crippen LogP contribution in [-0.4, -0.2) is 10.1 Å². The van der Waals surface area contributed by atoms with E-state index in [1.165, 1.54) is 6.20 Å². The fraction of sp³-hybridized carbons (Fsp3) is 0.154. The van der Waals surface area contributed by atoms with Crippen molar-refractivity contribution in [3.8, 4) is 0 Å². The van der Waals surface area contributed by atoms with E-state index in [0.717, 1.165) is 10.0 Å². The first kappa shape index (κ1) is 13.8. The summed E-state index contributed by atoms with van der Waals surface area (Å²) in [6.07, 6.45) is 1.19. The SMILES string of the molecule is OC(Cc1cccc(Br)c1)c1ncc(Cl)cc1Cl. The molecule has 18 heavy (non-hydrogen) atoms. The van der Waals surface area contributed by atoms with Crippen molar-refractivity contribution < 1.29 is 5.11 Å². The van der Waals surface area contributed by atoms with Gasteiger partial charge in [0, 0.05) is 17.1 Å². The lowest BCUT2D eigenvalue weighted by molar-refractivity contribution is 0.173. The lowest BCUT2D eigenvalue weighted by Gasteiger charge is -2.12. The summed E-state index contributed by atoms with van der Waals surface area (Å²) in [5.41, 5.74) is 1.45. The highest BCUT2D eigenvalue weighted by molar-refractivity contribution is 9.10. The van der Waals surface area contributed by atoms with E-state index in [-0.39, 0.29) is 0 Å². The van der Waals surface area contributed by atoms with Crippen molar-refractivity contribution in [1.82, 2.24) is 4.98 Å². The van der Waals surface area contributed by atoms with Crippen LogP contribution in [0.3, 0.4) is 0 Å². The van der Waals surface area contributed by atoms with E-state index >= 15 is 0 Å². The van der Waals surface area contributed by atoms with E-state index in [1.807, 2.05) is 24.3 Å². The lowest BCUT2D eigenvalue weighted by Crippen LogP contribution is -2.05. The van der Waals surface area contributed by atoms with Crippen LogP contribution < -0.4 is 0 Å². The summed E-state index contributed by atoms with van der Waals surface area (Å²) in [7, 11) is 0. The van der Waals surface area contributed by atoms with Gasteiger partial charge >= 0.3 is 0 Å². The zero-order valence-electron chi connectivity index (χ0n) is 9.28. The molecule has 0 bridgehead atoms. The van der Waals surface area contributed by atoms with E-state index in [1.54, 1.807) is 6.07 Å². The van der Waals surface area contributed by atoms with Gasteiger partial charge in [-0.3, -0.25) is 4.98 Å². The average molecular weight is 347 g/mol. The highest BCUT2D eigenvalue weighted by Crippen LogP contribution is 2.26. The van der Waals surface area contributed by atoms with E-state index in [9.17, 15) is 5.11 Å². The molecule has 0 aliphatic rings. The molecule has 0 saturated carbocycles. The van der Waals surface area contributed by atoms with Crippen LogP contribution in [0, 0.1) is 0 Å². The van der Waals surface area contributed by atoms with Gasteiger partial charge < -0.3 is 5.11 Å². The van der Waals surface area contributed by atoms with Crippen molar-refractivity contribution in [2.24, 2.45) is 0 Å². The van der Waals surface area contributed by atoms with E-state index in [2.05, 4.69) is 20.9 Å². The Labute approximate surface area is 124 Å². The number of hydrogen-bond donors (Lipinski definition) is 1. The highest BCUT2D eigenvalue weighted by Gasteiger charge is 2.14. The number of aliphatic hydroxyl groups is 1. The number of nitrogens with zero attached hydrogens (tertiary/aromatic N) is 1. The first-order valence-electron chi connectivity index (χ1n) is 5.29. The van der Waals surface area contributed by atoms with Crippen molar-refractivity contribution in [1.29, 1.82) is 0 Å². The fourth-order valence-electron chi connectivity index (χ4n) is 1.65. The van der Waals surface area contributed by atoms with Crippen LogP contribution in [0.4, 0.5) is 0 Å². The number of pyridine rings is 1. The predicted octanol–water partition coefficient (Wildman–Crippen LogP) is 4.43. The van der Waals surface area contributed by atoms with Gasteiger partial charge in [0.05, 0.1) is 15.7 Å². The normalized spacial score (nSPS) is 12.4. The topological polar surface area (TPSA) is 33.1 Å². The van der Waals surface area contributed by atoms with Crippen LogP contribution in [0.5, 0.6) is 0 Å². The van der Waals surface area contributed by atoms with Crippen LogP contribution >= 0.6 is 39.1 Å². The van der Waals surface area contributed by atoms with Crippen molar-refractivity contribution in [2.75, 3.05) is 0 Å². The zero-order chi connectivity index (χ0) is 13.1. The molecule has 1 heterocycles. The Balaban J connectivity index is 2.19. The minimum absolute atomic E-state index is 0.380. The molecule has 0 fully saturated rings. The molecule has 0 amide bonds. The maximum absolute atomic E-state index is 10.1. The summed E-state index contributed by atoms with van der Waals surface area (Å²) >= 11 is 15.2. The molecule has 1 unspecified atom stereocenters. The molecule has 0 radical (unpaired) electrons. The molecule has 1 atom stereocenters.